The number of Topliss-reactive ketones (excluding diaryl/α,β-unsaturated/α-hetero) is 1. The molecule has 340 valence electrons. The van der Waals surface area contributed by atoms with E-state index < -0.39 is 67.0 Å². The predicted molar refractivity (Wildman–Crippen MR) is 226 cm³/mol. The molecule has 0 aromatic heterocycles. The Morgan fingerprint density at radius 1 is 0.474 bits per heavy atom. The van der Waals surface area contributed by atoms with Crippen LogP contribution in [0.4, 0.5) is 0 Å². The molecular weight excluding hydrogens is 740 g/mol. The van der Waals surface area contributed by atoms with Gasteiger partial charge >= 0.3 is 23.9 Å². The smallest absolute Gasteiger partial charge is 0.331 e. The van der Waals surface area contributed by atoms with Gasteiger partial charge in [-0.1, -0.05) is 92.5 Å². The Bertz CT molecular complexity index is 1160. The number of rotatable bonds is 23. The molecular formula is C41H84N4O12. The van der Waals surface area contributed by atoms with Gasteiger partial charge in [-0.15, -0.1) is 0 Å². The summed E-state index contributed by atoms with van der Waals surface area (Å²) in [5.41, 5.74) is 0. The van der Waals surface area contributed by atoms with Gasteiger partial charge in [0.1, 0.15) is 36.4 Å². The number of carbonyl (C=O) groups excluding carboxylic acids is 8. The molecule has 0 fully saturated rings. The highest BCUT2D eigenvalue weighted by Gasteiger charge is 2.28. The lowest BCUT2D eigenvalue weighted by Gasteiger charge is -2.21. The van der Waals surface area contributed by atoms with E-state index in [-0.39, 0.29) is 91.9 Å². The second-order valence-electron chi connectivity index (χ2n) is 14.1. The molecule has 16 heteroatoms. The maximum Gasteiger partial charge on any atom is 0.331 e. The van der Waals surface area contributed by atoms with Crippen LogP contribution < -0.4 is 21.3 Å². The lowest BCUT2D eigenvalue weighted by atomic mass is 10.0. The molecule has 0 radical (unpaired) electrons. The Kier molecular flexibility index (Phi) is 44.5. The predicted octanol–water partition coefficient (Wildman–Crippen LogP) is 5.53. The molecule has 0 aliphatic rings. The van der Waals surface area contributed by atoms with E-state index in [0.29, 0.717) is 18.9 Å². The first kappa shape index (κ1) is 67.7. The molecule has 0 aliphatic carbocycles. The summed E-state index contributed by atoms with van der Waals surface area (Å²) in [5.74, 6) is -4.44. The summed E-state index contributed by atoms with van der Waals surface area (Å²) in [5, 5.41) is 10.3. The van der Waals surface area contributed by atoms with Gasteiger partial charge in [0.2, 0.25) is 24.5 Å². The van der Waals surface area contributed by atoms with Crippen molar-refractivity contribution in [3.8, 4) is 0 Å². The van der Waals surface area contributed by atoms with Crippen molar-refractivity contribution in [1.29, 1.82) is 0 Å². The molecule has 16 nitrogen and oxygen atoms in total. The summed E-state index contributed by atoms with van der Waals surface area (Å²) >= 11 is 0. The lowest BCUT2D eigenvalue weighted by molar-refractivity contribution is -0.171. The maximum atomic E-state index is 12.7. The van der Waals surface area contributed by atoms with E-state index in [2.05, 4.69) is 35.1 Å². The van der Waals surface area contributed by atoms with Gasteiger partial charge in [-0.25, -0.2) is 14.4 Å². The topological polar surface area (TPSA) is 222 Å². The summed E-state index contributed by atoms with van der Waals surface area (Å²) in [6, 6.07) is -3.24. The van der Waals surface area contributed by atoms with E-state index in [1.807, 2.05) is 48.5 Å². The highest BCUT2D eigenvalue weighted by molar-refractivity contribution is 6.00. The molecule has 0 spiro atoms. The molecule has 0 bridgehead atoms. The number of methoxy groups -OCH3 is 1. The quantitative estimate of drug-likeness (QED) is 0.0432. The van der Waals surface area contributed by atoms with Crippen LogP contribution in [0.1, 0.15) is 145 Å². The van der Waals surface area contributed by atoms with Crippen LogP contribution in [0, 0.1) is 23.7 Å². The van der Waals surface area contributed by atoms with Crippen LogP contribution in [-0.4, -0.2) is 99.1 Å². The van der Waals surface area contributed by atoms with Crippen LogP contribution in [0.5, 0.6) is 0 Å². The molecule has 0 aromatic carbocycles. The van der Waals surface area contributed by atoms with Crippen molar-refractivity contribution in [3.63, 3.8) is 0 Å². The Hall–Kier alpha value is -4.08. The standard InChI is InChI=1S/C27H45N3O10.C9H19NO2.5CH4/c1-15(2)9-19(25(35)38-8)28-23(33)13-24(34)30-21(11-17(5)6)27(37)40-14-39-26(36)20(10-16(3)4)29-22(32)12-18(7)31;1-5-12-9(11)8(10-4)6-7(2)3;;;;;/h15-17,19-21H,9-14H2,1-8H3,(H,28,33)(H,29,32)(H,30,34);7-8,10H,5-6H2,1-4H3;5*1H4. The van der Waals surface area contributed by atoms with Crippen molar-refractivity contribution in [2.75, 3.05) is 27.6 Å². The number of esters is 4. The first-order valence-corrected chi connectivity index (χ1v) is 17.8. The van der Waals surface area contributed by atoms with Crippen LogP contribution in [0.25, 0.3) is 0 Å². The van der Waals surface area contributed by atoms with E-state index in [9.17, 15) is 38.4 Å². The number of ketones is 1. The minimum absolute atomic E-state index is 0. The minimum Gasteiger partial charge on any atom is -0.467 e. The fourth-order valence-electron chi connectivity index (χ4n) is 4.70. The molecule has 57 heavy (non-hydrogen) atoms. The van der Waals surface area contributed by atoms with Gasteiger partial charge in [0.15, 0.2) is 0 Å². The fraction of sp³-hybridized carbons (Fsp3) is 0.805. The number of nitrogens with one attached hydrogen (secondary N) is 4. The number of carbonyl (C=O) groups is 8. The van der Waals surface area contributed by atoms with Crippen LogP contribution in [0.3, 0.4) is 0 Å². The van der Waals surface area contributed by atoms with Gasteiger partial charge in [0.05, 0.1) is 20.1 Å². The van der Waals surface area contributed by atoms with Crippen LogP contribution in [0.2, 0.25) is 0 Å². The highest BCUT2D eigenvalue weighted by Crippen LogP contribution is 2.11. The number of hydrogen-bond donors (Lipinski definition) is 4. The largest absolute Gasteiger partial charge is 0.467 e. The van der Waals surface area contributed by atoms with Gasteiger partial charge in [-0.05, 0) is 70.3 Å². The molecule has 0 rings (SSSR count). The second kappa shape index (κ2) is 37.5. The van der Waals surface area contributed by atoms with Crippen LogP contribution >= 0.6 is 0 Å². The molecule has 4 atom stereocenters. The molecule has 4 unspecified atom stereocenters. The SMILES string of the molecule is C.C.C.C.C.CCOC(=O)C(CC(C)C)NC.COC(=O)C(CC(C)C)NC(=O)CC(=O)NC(CC(C)C)C(=O)OCOC(=O)C(CC(C)C)NC(=O)CC(C)=O. The van der Waals surface area contributed by atoms with E-state index in [0.717, 1.165) is 6.42 Å². The Labute approximate surface area is 345 Å². The summed E-state index contributed by atoms with van der Waals surface area (Å²) < 4.78 is 19.6. The summed E-state index contributed by atoms with van der Waals surface area (Å²) in [6.07, 6.45) is 0.536. The van der Waals surface area contributed by atoms with E-state index in [1.165, 1.54) is 14.0 Å². The summed E-state index contributed by atoms with van der Waals surface area (Å²) in [4.78, 5) is 96.3. The number of ether oxygens (including phenoxy) is 4. The Morgan fingerprint density at radius 2 is 0.772 bits per heavy atom. The first-order chi connectivity index (χ1) is 24.2. The molecule has 0 saturated carbocycles. The average Bonchev–Trinajstić information content (AvgIpc) is 3.01. The zero-order valence-corrected chi connectivity index (χ0v) is 33.2. The van der Waals surface area contributed by atoms with Crippen molar-refractivity contribution in [1.82, 2.24) is 21.3 Å². The fourth-order valence-corrected chi connectivity index (χ4v) is 4.70. The van der Waals surface area contributed by atoms with Gasteiger partial charge < -0.3 is 40.2 Å². The third-order valence-corrected chi connectivity index (χ3v) is 6.94. The molecule has 0 aliphatic heterocycles. The van der Waals surface area contributed by atoms with Gasteiger partial charge in [0.25, 0.3) is 0 Å². The third-order valence-electron chi connectivity index (χ3n) is 6.94. The number of likely N-dealkylation sites (N-methyl/N-ethyl adjacent to an activating group) is 1. The average molecular weight is 825 g/mol. The number of amides is 3. The van der Waals surface area contributed by atoms with Crippen molar-refractivity contribution in [2.24, 2.45) is 23.7 Å². The lowest BCUT2D eigenvalue weighted by Crippen LogP contribution is -2.47. The van der Waals surface area contributed by atoms with Gasteiger partial charge in [-0.3, -0.25) is 24.0 Å². The van der Waals surface area contributed by atoms with Crippen molar-refractivity contribution in [2.45, 2.75) is 169 Å². The third kappa shape index (κ3) is 34.9. The van der Waals surface area contributed by atoms with Gasteiger partial charge in [-0.2, -0.15) is 0 Å². The molecule has 0 heterocycles. The molecule has 0 aromatic rings. The molecule has 4 N–H and O–H groups in total. The maximum absolute atomic E-state index is 12.7. The summed E-state index contributed by atoms with van der Waals surface area (Å²) in [6.45, 7) is 17.9. The monoisotopic (exact) mass is 825 g/mol. The van der Waals surface area contributed by atoms with Crippen LogP contribution in [0.15, 0.2) is 0 Å². The first-order valence-electron chi connectivity index (χ1n) is 17.8. The van der Waals surface area contributed by atoms with Crippen LogP contribution in [-0.2, 0) is 57.3 Å². The molecule has 0 saturated heterocycles. The summed E-state index contributed by atoms with van der Waals surface area (Å²) in [7, 11) is 2.98. The Balaban J connectivity index is -0.000000254. The zero-order chi connectivity index (χ0) is 40.6. The van der Waals surface area contributed by atoms with E-state index in [1.54, 1.807) is 7.05 Å². The van der Waals surface area contributed by atoms with Crippen molar-refractivity contribution < 1.29 is 57.3 Å². The van der Waals surface area contributed by atoms with E-state index >= 15 is 0 Å². The van der Waals surface area contributed by atoms with Gasteiger partial charge in [0, 0.05) is 0 Å². The van der Waals surface area contributed by atoms with E-state index in [4.69, 9.17) is 18.9 Å². The second-order valence-corrected chi connectivity index (χ2v) is 14.1. The highest BCUT2D eigenvalue weighted by atomic mass is 16.7. The normalized spacial score (nSPS) is 12.0. The zero-order valence-electron chi connectivity index (χ0n) is 33.2. The van der Waals surface area contributed by atoms with Crippen molar-refractivity contribution in [3.05, 3.63) is 0 Å². The van der Waals surface area contributed by atoms with Crippen molar-refractivity contribution >= 4 is 47.4 Å². The number of hydrogen-bond acceptors (Lipinski definition) is 13. The Morgan fingerprint density at radius 3 is 1.05 bits per heavy atom. The molecule has 3 amide bonds. The minimum atomic E-state index is -1.13.